The molecule has 0 spiro atoms. The molecule has 3 rings (SSSR count). The standard InChI is InChI=1S/C15H14N2O3S/c1-10-13(6-7-19-10)14-16-17-15(20-14)21-9-11-4-3-5-12(8-11)18-2/h3-8H,9H2,1-2H3. The minimum Gasteiger partial charge on any atom is -0.497 e. The predicted octanol–water partition coefficient (Wildman–Crippen LogP) is 3.94. The third-order valence-corrected chi connectivity index (χ3v) is 3.88. The lowest BCUT2D eigenvalue weighted by Crippen LogP contribution is -1.85. The van der Waals surface area contributed by atoms with Crippen molar-refractivity contribution < 1.29 is 13.6 Å². The molecule has 21 heavy (non-hydrogen) atoms. The van der Waals surface area contributed by atoms with Gasteiger partial charge >= 0.3 is 0 Å². The third kappa shape index (κ3) is 3.11. The Morgan fingerprint density at radius 1 is 1.24 bits per heavy atom. The highest BCUT2D eigenvalue weighted by atomic mass is 32.2. The van der Waals surface area contributed by atoms with Gasteiger partial charge in [0.25, 0.3) is 11.1 Å². The Kier molecular flexibility index (Phi) is 3.96. The van der Waals surface area contributed by atoms with E-state index in [9.17, 15) is 0 Å². The van der Waals surface area contributed by atoms with Crippen LogP contribution in [0.1, 0.15) is 11.3 Å². The zero-order valence-corrected chi connectivity index (χ0v) is 12.5. The fraction of sp³-hybridized carbons (Fsp3) is 0.200. The highest BCUT2D eigenvalue weighted by Crippen LogP contribution is 2.28. The number of aromatic nitrogens is 2. The fourth-order valence-electron chi connectivity index (χ4n) is 1.89. The quantitative estimate of drug-likeness (QED) is 0.665. The first-order valence-electron chi connectivity index (χ1n) is 6.40. The van der Waals surface area contributed by atoms with E-state index in [0.717, 1.165) is 28.4 Å². The van der Waals surface area contributed by atoms with Crippen molar-refractivity contribution in [3.63, 3.8) is 0 Å². The van der Waals surface area contributed by atoms with Crippen molar-refractivity contribution in [2.24, 2.45) is 0 Å². The van der Waals surface area contributed by atoms with E-state index in [-0.39, 0.29) is 0 Å². The number of rotatable bonds is 5. The van der Waals surface area contributed by atoms with E-state index < -0.39 is 0 Å². The predicted molar refractivity (Wildman–Crippen MR) is 79.3 cm³/mol. The van der Waals surface area contributed by atoms with Gasteiger partial charge in [-0.05, 0) is 30.7 Å². The zero-order chi connectivity index (χ0) is 14.7. The van der Waals surface area contributed by atoms with Crippen LogP contribution in [-0.4, -0.2) is 17.3 Å². The van der Waals surface area contributed by atoms with E-state index in [4.69, 9.17) is 13.6 Å². The van der Waals surface area contributed by atoms with Crippen LogP contribution in [-0.2, 0) is 5.75 Å². The Morgan fingerprint density at radius 2 is 2.14 bits per heavy atom. The highest BCUT2D eigenvalue weighted by Gasteiger charge is 2.13. The number of methoxy groups -OCH3 is 1. The summed E-state index contributed by atoms with van der Waals surface area (Å²) in [7, 11) is 1.66. The Bertz CT molecular complexity index is 736. The maximum absolute atomic E-state index is 5.64. The van der Waals surface area contributed by atoms with Crippen molar-refractivity contribution >= 4 is 11.8 Å². The van der Waals surface area contributed by atoms with Crippen LogP contribution in [0.2, 0.25) is 0 Å². The Balaban J connectivity index is 1.69. The molecular formula is C15H14N2O3S. The van der Waals surface area contributed by atoms with Crippen molar-refractivity contribution in [3.05, 3.63) is 47.9 Å². The van der Waals surface area contributed by atoms with Gasteiger partial charge < -0.3 is 13.6 Å². The highest BCUT2D eigenvalue weighted by molar-refractivity contribution is 7.98. The van der Waals surface area contributed by atoms with Gasteiger partial charge in [-0.15, -0.1) is 10.2 Å². The first kappa shape index (κ1) is 13.8. The molecule has 2 aromatic heterocycles. The number of hydrogen-bond donors (Lipinski definition) is 0. The van der Waals surface area contributed by atoms with Gasteiger partial charge in [-0.3, -0.25) is 0 Å². The van der Waals surface area contributed by atoms with Crippen LogP contribution in [0.3, 0.4) is 0 Å². The second-order valence-corrected chi connectivity index (χ2v) is 5.33. The maximum atomic E-state index is 5.64. The van der Waals surface area contributed by atoms with Crippen molar-refractivity contribution in [1.82, 2.24) is 10.2 Å². The summed E-state index contributed by atoms with van der Waals surface area (Å²) in [5, 5.41) is 8.62. The lowest BCUT2D eigenvalue weighted by Gasteiger charge is -2.02. The number of benzene rings is 1. The molecule has 0 saturated carbocycles. The first-order chi connectivity index (χ1) is 10.3. The van der Waals surface area contributed by atoms with Crippen molar-refractivity contribution in [2.45, 2.75) is 17.9 Å². The Hall–Kier alpha value is -2.21. The summed E-state index contributed by atoms with van der Waals surface area (Å²) < 4.78 is 16.1. The summed E-state index contributed by atoms with van der Waals surface area (Å²) in [6.07, 6.45) is 1.61. The van der Waals surface area contributed by atoms with Gasteiger partial charge in [-0.2, -0.15) is 0 Å². The summed E-state index contributed by atoms with van der Waals surface area (Å²) in [5.74, 6) is 2.83. The molecule has 0 saturated heterocycles. The lowest BCUT2D eigenvalue weighted by molar-refractivity contribution is 0.414. The van der Waals surface area contributed by atoms with Gasteiger partial charge in [0.15, 0.2) is 0 Å². The molecule has 0 radical (unpaired) electrons. The zero-order valence-electron chi connectivity index (χ0n) is 11.7. The van der Waals surface area contributed by atoms with Gasteiger partial charge in [-0.25, -0.2) is 0 Å². The molecule has 0 bridgehead atoms. The molecule has 0 N–H and O–H groups in total. The summed E-state index contributed by atoms with van der Waals surface area (Å²) in [4.78, 5) is 0. The van der Waals surface area contributed by atoms with Crippen LogP contribution in [0.4, 0.5) is 0 Å². The van der Waals surface area contributed by atoms with E-state index in [2.05, 4.69) is 10.2 Å². The summed E-state index contributed by atoms with van der Waals surface area (Å²) >= 11 is 1.49. The largest absolute Gasteiger partial charge is 0.497 e. The third-order valence-electron chi connectivity index (χ3n) is 2.99. The summed E-state index contributed by atoms with van der Waals surface area (Å²) in [6, 6.07) is 9.72. The molecule has 0 atom stereocenters. The number of furan rings is 1. The molecule has 108 valence electrons. The lowest BCUT2D eigenvalue weighted by atomic mass is 10.2. The number of hydrogen-bond acceptors (Lipinski definition) is 6. The number of thioether (sulfide) groups is 1. The molecule has 0 aliphatic heterocycles. The molecule has 3 aromatic rings. The summed E-state index contributed by atoms with van der Waals surface area (Å²) in [6.45, 7) is 1.86. The summed E-state index contributed by atoms with van der Waals surface area (Å²) in [5.41, 5.74) is 1.97. The molecule has 5 nitrogen and oxygen atoms in total. The van der Waals surface area contributed by atoms with Gasteiger partial charge in [0.1, 0.15) is 11.5 Å². The topological polar surface area (TPSA) is 61.3 Å². The molecule has 2 heterocycles. The van der Waals surface area contributed by atoms with Gasteiger partial charge in [0.2, 0.25) is 0 Å². The molecule has 1 aromatic carbocycles. The second kappa shape index (κ2) is 6.05. The van der Waals surface area contributed by atoms with Crippen molar-refractivity contribution in [1.29, 1.82) is 0 Å². The molecular weight excluding hydrogens is 288 g/mol. The number of aryl methyl sites for hydroxylation is 1. The number of ether oxygens (including phenoxy) is 1. The molecule has 6 heteroatoms. The van der Waals surface area contributed by atoms with E-state index in [1.54, 1.807) is 13.4 Å². The van der Waals surface area contributed by atoms with Crippen LogP contribution < -0.4 is 4.74 Å². The van der Waals surface area contributed by atoms with E-state index in [1.165, 1.54) is 11.8 Å². The van der Waals surface area contributed by atoms with Gasteiger partial charge in [0, 0.05) is 5.75 Å². The fourth-order valence-corrected chi connectivity index (χ4v) is 2.60. The van der Waals surface area contributed by atoms with Crippen LogP contribution in [0.15, 0.2) is 50.7 Å². The smallest absolute Gasteiger partial charge is 0.277 e. The first-order valence-corrected chi connectivity index (χ1v) is 7.38. The van der Waals surface area contributed by atoms with Crippen molar-refractivity contribution in [2.75, 3.05) is 7.11 Å². The molecule has 0 fully saturated rings. The van der Waals surface area contributed by atoms with E-state index >= 15 is 0 Å². The number of nitrogens with zero attached hydrogens (tertiary/aromatic N) is 2. The normalized spacial score (nSPS) is 10.8. The molecule has 0 aliphatic carbocycles. The maximum Gasteiger partial charge on any atom is 0.277 e. The van der Waals surface area contributed by atoms with Crippen LogP contribution in [0, 0.1) is 6.92 Å². The van der Waals surface area contributed by atoms with Gasteiger partial charge in [0.05, 0.1) is 18.9 Å². The monoisotopic (exact) mass is 302 g/mol. The van der Waals surface area contributed by atoms with Crippen LogP contribution in [0.25, 0.3) is 11.5 Å². The SMILES string of the molecule is COc1cccc(CSc2nnc(-c3ccoc3C)o2)c1. The Labute approximate surface area is 126 Å². The van der Waals surface area contributed by atoms with E-state index in [1.807, 2.05) is 37.3 Å². The van der Waals surface area contributed by atoms with Gasteiger partial charge in [-0.1, -0.05) is 23.9 Å². The Morgan fingerprint density at radius 3 is 2.90 bits per heavy atom. The minimum absolute atomic E-state index is 0.481. The van der Waals surface area contributed by atoms with Crippen LogP contribution in [0.5, 0.6) is 5.75 Å². The minimum atomic E-state index is 0.481. The molecule has 0 aliphatic rings. The molecule has 0 unspecified atom stereocenters. The van der Waals surface area contributed by atoms with E-state index in [0.29, 0.717) is 11.1 Å². The molecule has 0 amide bonds. The second-order valence-electron chi connectivity index (χ2n) is 4.40. The average molecular weight is 302 g/mol. The van der Waals surface area contributed by atoms with Crippen molar-refractivity contribution in [3.8, 4) is 17.2 Å². The average Bonchev–Trinajstić information content (AvgIpc) is 3.14. The van der Waals surface area contributed by atoms with Crippen LogP contribution >= 0.6 is 11.8 Å².